The summed E-state index contributed by atoms with van der Waals surface area (Å²) in [5.41, 5.74) is 0.997. The number of aromatic nitrogens is 2. The van der Waals surface area contributed by atoms with Crippen molar-refractivity contribution in [3.05, 3.63) is 18.0 Å². The molecule has 1 fully saturated rings. The number of rotatable bonds is 4. The smallest absolute Gasteiger partial charge is 0.231 e. The van der Waals surface area contributed by atoms with E-state index in [-0.39, 0.29) is 17.9 Å². The van der Waals surface area contributed by atoms with Gasteiger partial charge in [0.2, 0.25) is 5.91 Å². The highest BCUT2D eigenvalue weighted by molar-refractivity contribution is 5.83. The minimum Gasteiger partial charge on any atom is -0.337 e. The number of carbonyl (C=O) groups excluding carboxylic acids is 1. The van der Waals surface area contributed by atoms with Crippen molar-refractivity contribution >= 4 is 5.91 Å². The van der Waals surface area contributed by atoms with Gasteiger partial charge in [-0.05, 0) is 39.7 Å². The monoisotopic (exact) mass is 277 g/mol. The molecule has 4 heteroatoms. The largest absolute Gasteiger partial charge is 0.337 e. The molecule has 1 heterocycles. The second-order valence-electron chi connectivity index (χ2n) is 6.23. The lowest BCUT2D eigenvalue weighted by atomic mass is 9.92. The SMILES string of the molecule is CC(C(=O)N(C(C)C)C1CCCCC1)c1ccnn1C. The van der Waals surface area contributed by atoms with Gasteiger partial charge in [0.25, 0.3) is 0 Å². The predicted molar refractivity (Wildman–Crippen MR) is 80.5 cm³/mol. The first-order valence-electron chi connectivity index (χ1n) is 7.82. The average molecular weight is 277 g/mol. The summed E-state index contributed by atoms with van der Waals surface area (Å²) in [4.78, 5) is 15.0. The van der Waals surface area contributed by atoms with Crippen molar-refractivity contribution in [2.75, 3.05) is 0 Å². The lowest BCUT2D eigenvalue weighted by Crippen LogP contribution is -2.47. The molecule has 1 unspecified atom stereocenters. The zero-order valence-corrected chi connectivity index (χ0v) is 13.2. The summed E-state index contributed by atoms with van der Waals surface area (Å²) < 4.78 is 1.81. The molecule has 0 saturated heterocycles. The van der Waals surface area contributed by atoms with E-state index in [1.807, 2.05) is 24.7 Å². The minimum absolute atomic E-state index is 0.119. The average Bonchev–Trinajstić information content (AvgIpc) is 2.85. The van der Waals surface area contributed by atoms with E-state index in [0.29, 0.717) is 6.04 Å². The van der Waals surface area contributed by atoms with Gasteiger partial charge in [-0.3, -0.25) is 9.48 Å². The van der Waals surface area contributed by atoms with Crippen LogP contribution in [-0.2, 0) is 11.8 Å². The van der Waals surface area contributed by atoms with Crippen LogP contribution in [-0.4, -0.2) is 32.7 Å². The maximum absolute atomic E-state index is 12.9. The molecule has 2 rings (SSSR count). The number of hydrogen-bond donors (Lipinski definition) is 0. The molecule has 0 bridgehead atoms. The molecule has 1 amide bonds. The van der Waals surface area contributed by atoms with Crippen LogP contribution in [0.15, 0.2) is 12.3 Å². The van der Waals surface area contributed by atoms with Crippen molar-refractivity contribution in [1.82, 2.24) is 14.7 Å². The highest BCUT2D eigenvalue weighted by atomic mass is 16.2. The molecule has 20 heavy (non-hydrogen) atoms. The third kappa shape index (κ3) is 3.05. The molecule has 4 nitrogen and oxygen atoms in total. The van der Waals surface area contributed by atoms with Crippen LogP contribution in [0, 0.1) is 0 Å². The van der Waals surface area contributed by atoms with Gasteiger partial charge in [0.05, 0.1) is 11.6 Å². The van der Waals surface area contributed by atoms with Crippen LogP contribution < -0.4 is 0 Å². The van der Waals surface area contributed by atoms with E-state index in [4.69, 9.17) is 0 Å². The number of amides is 1. The fourth-order valence-corrected chi connectivity index (χ4v) is 3.37. The van der Waals surface area contributed by atoms with Gasteiger partial charge in [0.15, 0.2) is 0 Å². The van der Waals surface area contributed by atoms with Crippen molar-refractivity contribution < 1.29 is 4.79 Å². The van der Waals surface area contributed by atoms with Gasteiger partial charge in [-0.25, -0.2) is 0 Å². The van der Waals surface area contributed by atoms with Crippen molar-refractivity contribution in [2.24, 2.45) is 7.05 Å². The first-order valence-corrected chi connectivity index (χ1v) is 7.82. The molecule has 1 atom stereocenters. The van der Waals surface area contributed by atoms with Gasteiger partial charge in [-0.1, -0.05) is 19.3 Å². The van der Waals surface area contributed by atoms with Crippen LogP contribution in [0.5, 0.6) is 0 Å². The maximum atomic E-state index is 12.9. The Morgan fingerprint density at radius 1 is 1.30 bits per heavy atom. The Bertz CT molecular complexity index is 446. The second-order valence-corrected chi connectivity index (χ2v) is 6.23. The van der Waals surface area contributed by atoms with E-state index in [1.165, 1.54) is 19.3 Å². The van der Waals surface area contributed by atoms with Gasteiger partial charge in [-0.2, -0.15) is 5.10 Å². The van der Waals surface area contributed by atoms with Crippen LogP contribution in [0.4, 0.5) is 0 Å². The molecule has 1 aromatic heterocycles. The first-order chi connectivity index (χ1) is 9.52. The van der Waals surface area contributed by atoms with Gasteiger partial charge in [-0.15, -0.1) is 0 Å². The van der Waals surface area contributed by atoms with Crippen LogP contribution >= 0.6 is 0 Å². The zero-order valence-electron chi connectivity index (χ0n) is 13.2. The van der Waals surface area contributed by atoms with Gasteiger partial charge in [0, 0.05) is 25.3 Å². The molecule has 0 aliphatic heterocycles. The summed E-state index contributed by atoms with van der Waals surface area (Å²) in [6.45, 7) is 6.25. The number of aryl methyl sites for hydroxylation is 1. The summed E-state index contributed by atoms with van der Waals surface area (Å²) in [6, 6.07) is 2.63. The van der Waals surface area contributed by atoms with Crippen LogP contribution in [0.1, 0.15) is 64.5 Å². The molecular weight excluding hydrogens is 250 g/mol. The summed E-state index contributed by atoms with van der Waals surface area (Å²) in [7, 11) is 1.90. The van der Waals surface area contributed by atoms with Crippen LogP contribution in [0.3, 0.4) is 0 Å². The number of hydrogen-bond acceptors (Lipinski definition) is 2. The van der Waals surface area contributed by atoms with Crippen molar-refractivity contribution in [3.8, 4) is 0 Å². The molecule has 1 saturated carbocycles. The molecule has 1 aromatic rings. The van der Waals surface area contributed by atoms with Crippen LogP contribution in [0.25, 0.3) is 0 Å². The highest BCUT2D eigenvalue weighted by Gasteiger charge is 2.31. The Hall–Kier alpha value is -1.32. The molecular formula is C16H27N3O. The molecule has 0 N–H and O–H groups in total. The second kappa shape index (κ2) is 6.42. The topological polar surface area (TPSA) is 38.1 Å². The molecule has 0 aromatic carbocycles. The first kappa shape index (κ1) is 15.1. The fourth-order valence-electron chi connectivity index (χ4n) is 3.37. The quantitative estimate of drug-likeness (QED) is 0.848. The lowest BCUT2D eigenvalue weighted by Gasteiger charge is -2.39. The fraction of sp³-hybridized carbons (Fsp3) is 0.750. The molecule has 1 aliphatic carbocycles. The Labute approximate surface area is 122 Å². The van der Waals surface area contributed by atoms with Crippen LogP contribution in [0.2, 0.25) is 0 Å². The molecule has 1 aliphatic rings. The predicted octanol–water partition coefficient (Wildman–Crippen LogP) is 3.09. The van der Waals surface area contributed by atoms with Gasteiger partial charge < -0.3 is 4.90 Å². The Morgan fingerprint density at radius 3 is 2.45 bits per heavy atom. The summed E-state index contributed by atoms with van der Waals surface area (Å²) in [5.74, 6) is 0.127. The van der Waals surface area contributed by atoms with Crippen molar-refractivity contribution in [2.45, 2.75) is 70.9 Å². The summed E-state index contributed by atoms with van der Waals surface area (Å²) in [6.07, 6.45) is 7.89. The Kier molecular flexibility index (Phi) is 4.84. The molecule has 112 valence electrons. The third-order valence-corrected chi connectivity index (χ3v) is 4.45. The van der Waals surface area contributed by atoms with Crippen molar-refractivity contribution in [1.29, 1.82) is 0 Å². The summed E-state index contributed by atoms with van der Waals surface area (Å²) in [5, 5.41) is 4.18. The minimum atomic E-state index is -0.119. The van der Waals surface area contributed by atoms with E-state index in [1.54, 1.807) is 6.20 Å². The molecule has 0 spiro atoms. The summed E-state index contributed by atoms with van der Waals surface area (Å²) >= 11 is 0. The Morgan fingerprint density at radius 2 is 1.95 bits per heavy atom. The highest BCUT2D eigenvalue weighted by Crippen LogP contribution is 2.27. The zero-order chi connectivity index (χ0) is 14.7. The third-order valence-electron chi connectivity index (χ3n) is 4.45. The van der Waals surface area contributed by atoms with Gasteiger partial charge >= 0.3 is 0 Å². The van der Waals surface area contributed by atoms with E-state index in [0.717, 1.165) is 18.5 Å². The number of nitrogens with zero attached hydrogens (tertiary/aromatic N) is 3. The van der Waals surface area contributed by atoms with E-state index in [2.05, 4.69) is 23.8 Å². The van der Waals surface area contributed by atoms with E-state index in [9.17, 15) is 4.79 Å². The standard InChI is InChI=1S/C16H27N3O/c1-12(2)19(14-8-6-5-7-9-14)16(20)13(3)15-10-11-17-18(15)4/h10-14H,5-9H2,1-4H3. The number of carbonyl (C=O) groups is 1. The molecule has 0 radical (unpaired) electrons. The lowest BCUT2D eigenvalue weighted by molar-refractivity contribution is -0.137. The van der Waals surface area contributed by atoms with E-state index >= 15 is 0 Å². The van der Waals surface area contributed by atoms with E-state index < -0.39 is 0 Å². The maximum Gasteiger partial charge on any atom is 0.231 e. The van der Waals surface area contributed by atoms with Crippen molar-refractivity contribution in [3.63, 3.8) is 0 Å². The normalized spacial score (nSPS) is 18.2. The Balaban J connectivity index is 2.16. The van der Waals surface area contributed by atoms with Gasteiger partial charge in [0.1, 0.15) is 0 Å².